The van der Waals surface area contributed by atoms with Crippen molar-refractivity contribution in [2.24, 2.45) is 11.0 Å². The van der Waals surface area contributed by atoms with E-state index < -0.39 is 0 Å². The quantitative estimate of drug-likeness (QED) is 0.488. The maximum absolute atomic E-state index is 12.8. The van der Waals surface area contributed by atoms with Crippen LogP contribution in [-0.4, -0.2) is 42.8 Å². The van der Waals surface area contributed by atoms with Gasteiger partial charge in [0.15, 0.2) is 0 Å². The number of nitrogens with one attached hydrogen (secondary N) is 1. The summed E-state index contributed by atoms with van der Waals surface area (Å²) in [6, 6.07) is 13.7. The van der Waals surface area contributed by atoms with E-state index in [1.807, 2.05) is 55.6 Å². The molecule has 0 aromatic heterocycles. The van der Waals surface area contributed by atoms with Gasteiger partial charge in [0.1, 0.15) is 0 Å². The second kappa shape index (κ2) is 11.1. The van der Waals surface area contributed by atoms with Crippen molar-refractivity contribution in [3.63, 3.8) is 0 Å². The molecule has 0 radical (unpaired) electrons. The summed E-state index contributed by atoms with van der Waals surface area (Å²) in [6.07, 6.45) is 8.74. The van der Waals surface area contributed by atoms with Gasteiger partial charge < -0.3 is 10.1 Å². The van der Waals surface area contributed by atoms with Crippen LogP contribution in [0, 0.1) is 5.92 Å². The smallest absolute Gasteiger partial charge is 0.306 e. The lowest BCUT2D eigenvalue weighted by atomic mass is 9.81. The van der Waals surface area contributed by atoms with Crippen LogP contribution < -0.4 is 5.32 Å². The fraction of sp³-hybridized carbons (Fsp3) is 0.444. The number of rotatable bonds is 7. The van der Waals surface area contributed by atoms with Crippen molar-refractivity contribution in [2.75, 3.05) is 25.0 Å². The third kappa shape index (κ3) is 6.44. The number of ether oxygens (including phenoxy) is 1. The second-order valence-electron chi connectivity index (χ2n) is 8.94. The van der Waals surface area contributed by atoms with E-state index in [0.717, 1.165) is 49.2 Å². The first-order valence-electron chi connectivity index (χ1n) is 12.1. The predicted octanol–water partition coefficient (Wildman–Crippen LogP) is 4.82. The average Bonchev–Trinajstić information content (AvgIpc) is 2.84. The third-order valence-electron chi connectivity index (χ3n) is 6.43. The number of aryl methyl sites for hydroxylation is 1. The molecule has 1 aliphatic heterocycles. The van der Waals surface area contributed by atoms with E-state index in [9.17, 15) is 9.59 Å². The molecule has 2 aromatic rings. The molecule has 1 amide bonds. The van der Waals surface area contributed by atoms with Crippen LogP contribution in [0.4, 0.5) is 5.69 Å². The Labute approximate surface area is 196 Å². The summed E-state index contributed by atoms with van der Waals surface area (Å²) >= 11 is 0. The molecule has 6 heteroatoms. The fourth-order valence-corrected chi connectivity index (χ4v) is 4.60. The van der Waals surface area contributed by atoms with Crippen LogP contribution in [0.3, 0.4) is 0 Å². The minimum Gasteiger partial charge on any atom is -0.466 e. The molecule has 2 aliphatic rings. The van der Waals surface area contributed by atoms with Gasteiger partial charge in [0, 0.05) is 30.8 Å². The lowest BCUT2D eigenvalue weighted by molar-refractivity contribution is -0.144. The minimum atomic E-state index is -0.135. The van der Waals surface area contributed by atoms with Gasteiger partial charge in [-0.2, -0.15) is 5.10 Å². The van der Waals surface area contributed by atoms with Crippen LogP contribution in [0.1, 0.15) is 66.1 Å². The molecule has 174 valence electrons. The van der Waals surface area contributed by atoms with E-state index in [0.29, 0.717) is 18.6 Å². The highest BCUT2D eigenvalue weighted by Crippen LogP contribution is 2.29. The molecule has 33 heavy (non-hydrogen) atoms. The molecule has 1 heterocycles. The maximum Gasteiger partial charge on any atom is 0.306 e. The number of piperidine rings is 1. The molecular formula is C27H33N3O3. The molecule has 1 atom stereocenters. The lowest BCUT2D eigenvalue weighted by Gasteiger charge is -2.24. The Bertz CT molecular complexity index is 994. The maximum atomic E-state index is 12.8. The highest BCUT2D eigenvalue weighted by molar-refractivity contribution is 6.04. The zero-order valence-corrected chi connectivity index (χ0v) is 19.4. The van der Waals surface area contributed by atoms with Gasteiger partial charge in [0.25, 0.3) is 5.91 Å². The van der Waals surface area contributed by atoms with E-state index in [4.69, 9.17) is 4.74 Å². The van der Waals surface area contributed by atoms with Gasteiger partial charge in [-0.25, -0.2) is 0 Å². The van der Waals surface area contributed by atoms with Crippen molar-refractivity contribution in [2.45, 2.75) is 51.9 Å². The number of carbonyl (C=O) groups excluding carboxylic acids is 2. The first kappa shape index (κ1) is 23.0. The van der Waals surface area contributed by atoms with E-state index in [-0.39, 0.29) is 17.8 Å². The van der Waals surface area contributed by atoms with Crippen LogP contribution in [0.15, 0.2) is 47.6 Å². The van der Waals surface area contributed by atoms with E-state index >= 15 is 0 Å². The largest absolute Gasteiger partial charge is 0.466 e. The molecule has 0 bridgehead atoms. The predicted molar refractivity (Wildman–Crippen MR) is 131 cm³/mol. The molecule has 1 aliphatic carbocycles. The van der Waals surface area contributed by atoms with Gasteiger partial charge in [-0.3, -0.25) is 14.6 Å². The normalized spacial score (nSPS) is 18.1. The first-order chi connectivity index (χ1) is 16.1. The number of esters is 1. The molecule has 6 nitrogen and oxygen atoms in total. The van der Waals surface area contributed by atoms with Crippen LogP contribution in [0.25, 0.3) is 0 Å². The van der Waals surface area contributed by atoms with E-state index in [1.54, 1.807) is 0 Å². The molecule has 0 saturated carbocycles. The van der Waals surface area contributed by atoms with Gasteiger partial charge in [0.05, 0.1) is 12.8 Å². The monoisotopic (exact) mass is 447 g/mol. The number of benzene rings is 2. The Morgan fingerprint density at radius 3 is 2.64 bits per heavy atom. The van der Waals surface area contributed by atoms with Gasteiger partial charge in [-0.1, -0.05) is 18.2 Å². The summed E-state index contributed by atoms with van der Waals surface area (Å²) in [5.74, 6) is 0.0123. The number of anilines is 1. The summed E-state index contributed by atoms with van der Waals surface area (Å²) < 4.78 is 5.10. The van der Waals surface area contributed by atoms with Gasteiger partial charge in [-0.05, 0) is 92.3 Å². The number of hydrogen-bond acceptors (Lipinski definition) is 5. The van der Waals surface area contributed by atoms with E-state index in [1.165, 1.54) is 24.8 Å². The standard InChI is InChI=1S/C27H33N3O3/c1-2-33-26(31)17-21-6-9-22-10-11-23(18-24(22)16-21)27(32)29-25-12-7-20(8-13-25)19-28-30-14-4-3-5-15-30/h7-8,10-13,18-19,21H,2-6,9,14-17H2,1H3,(H,29,32). The molecule has 1 unspecified atom stereocenters. The molecule has 1 N–H and O–H groups in total. The van der Waals surface area contributed by atoms with Crippen molar-refractivity contribution in [3.05, 3.63) is 64.7 Å². The Hall–Kier alpha value is -3.15. The van der Waals surface area contributed by atoms with Crippen molar-refractivity contribution < 1.29 is 14.3 Å². The number of hydrazone groups is 1. The van der Waals surface area contributed by atoms with Gasteiger partial charge >= 0.3 is 5.97 Å². The van der Waals surface area contributed by atoms with Crippen molar-refractivity contribution in [1.29, 1.82) is 0 Å². The minimum absolute atomic E-state index is 0.125. The topological polar surface area (TPSA) is 71.0 Å². The zero-order chi connectivity index (χ0) is 23.0. The number of amides is 1. The third-order valence-corrected chi connectivity index (χ3v) is 6.43. The van der Waals surface area contributed by atoms with Crippen molar-refractivity contribution in [1.82, 2.24) is 5.01 Å². The summed E-state index contributed by atoms with van der Waals surface area (Å²) in [5, 5.41) is 9.67. The Morgan fingerprint density at radius 1 is 1.09 bits per heavy atom. The average molecular weight is 448 g/mol. The molecular weight excluding hydrogens is 414 g/mol. The molecule has 1 saturated heterocycles. The SMILES string of the molecule is CCOC(=O)CC1CCc2ccc(C(=O)Nc3ccc(C=NN4CCCCC4)cc3)cc2C1. The number of carbonyl (C=O) groups is 2. The number of fused-ring (bicyclic) bond motifs is 1. The lowest BCUT2D eigenvalue weighted by Crippen LogP contribution is -2.24. The highest BCUT2D eigenvalue weighted by Gasteiger charge is 2.22. The Morgan fingerprint density at radius 2 is 1.88 bits per heavy atom. The van der Waals surface area contributed by atoms with Crippen LogP contribution in [0.5, 0.6) is 0 Å². The molecule has 1 fully saturated rings. The molecule has 4 rings (SSSR count). The summed E-state index contributed by atoms with van der Waals surface area (Å²) in [6.45, 7) is 4.29. The summed E-state index contributed by atoms with van der Waals surface area (Å²) in [5.41, 5.74) is 4.84. The van der Waals surface area contributed by atoms with Gasteiger partial charge in [-0.15, -0.1) is 0 Å². The highest BCUT2D eigenvalue weighted by atomic mass is 16.5. The van der Waals surface area contributed by atoms with Crippen molar-refractivity contribution in [3.8, 4) is 0 Å². The molecule has 2 aromatic carbocycles. The zero-order valence-electron chi connectivity index (χ0n) is 19.4. The Kier molecular flexibility index (Phi) is 7.76. The second-order valence-corrected chi connectivity index (χ2v) is 8.94. The molecule has 0 spiro atoms. The summed E-state index contributed by atoms with van der Waals surface area (Å²) in [4.78, 5) is 24.7. The van der Waals surface area contributed by atoms with Crippen LogP contribution >= 0.6 is 0 Å². The fourth-order valence-electron chi connectivity index (χ4n) is 4.60. The number of hydrogen-bond donors (Lipinski definition) is 1. The van der Waals surface area contributed by atoms with Crippen molar-refractivity contribution >= 4 is 23.8 Å². The van der Waals surface area contributed by atoms with Crippen LogP contribution in [-0.2, 0) is 22.4 Å². The van der Waals surface area contributed by atoms with Crippen LogP contribution in [0.2, 0.25) is 0 Å². The summed E-state index contributed by atoms with van der Waals surface area (Å²) in [7, 11) is 0. The first-order valence-corrected chi connectivity index (χ1v) is 12.1. The number of nitrogens with zero attached hydrogens (tertiary/aromatic N) is 2. The Balaban J connectivity index is 1.35. The van der Waals surface area contributed by atoms with Gasteiger partial charge in [0.2, 0.25) is 0 Å². The van der Waals surface area contributed by atoms with E-state index in [2.05, 4.69) is 15.4 Å².